The zero-order chi connectivity index (χ0) is 13.8. The molecule has 0 aliphatic heterocycles. The van der Waals surface area contributed by atoms with Crippen LogP contribution >= 0.6 is 23.4 Å². The minimum absolute atomic E-state index is 0.113. The molecule has 98 valence electrons. The van der Waals surface area contributed by atoms with Gasteiger partial charge in [0.15, 0.2) is 0 Å². The molecule has 0 amide bonds. The lowest BCUT2D eigenvalue weighted by Gasteiger charge is -2.09. The second-order valence-electron chi connectivity index (χ2n) is 4.33. The molecule has 0 spiro atoms. The van der Waals surface area contributed by atoms with Crippen LogP contribution in [0.4, 0.5) is 0 Å². The molecule has 0 atom stereocenters. The number of nitrogens with two attached hydrogens (primary N) is 1. The number of benzene rings is 2. The van der Waals surface area contributed by atoms with Crippen molar-refractivity contribution in [3.8, 4) is 0 Å². The van der Waals surface area contributed by atoms with Gasteiger partial charge in [-0.25, -0.2) is 0 Å². The standard InChI is InChI=1S/C15H15ClN2S/c1-10-2-7-14(13(8-10)15(17)18)19-9-11-3-5-12(16)6-4-11/h2-8H,9H2,1H3,(H3,17,18). The zero-order valence-electron chi connectivity index (χ0n) is 10.6. The van der Waals surface area contributed by atoms with Crippen LogP contribution in [0.3, 0.4) is 0 Å². The molecule has 3 N–H and O–H groups in total. The highest BCUT2D eigenvalue weighted by molar-refractivity contribution is 7.98. The van der Waals surface area contributed by atoms with Crippen LogP contribution in [0, 0.1) is 12.3 Å². The lowest BCUT2D eigenvalue weighted by atomic mass is 10.1. The van der Waals surface area contributed by atoms with Gasteiger partial charge >= 0.3 is 0 Å². The normalized spacial score (nSPS) is 10.4. The molecule has 0 saturated heterocycles. The summed E-state index contributed by atoms with van der Waals surface area (Å²) in [6.45, 7) is 2.00. The Morgan fingerprint density at radius 2 is 1.89 bits per heavy atom. The third-order valence-electron chi connectivity index (χ3n) is 2.73. The van der Waals surface area contributed by atoms with E-state index >= 15 is 0 Å². The predicted octanol–water partition coefficient (Wildman–Crippen LogP) is 4.22. The quantitative estimate of drug-likeness (QED) is 0.503. The van der Waals surface area contributed by atoms with Gasteiger partial charge in [0.25, 0.3) is 0 Å². The zero-order valence-corrected chi connectivity index (χ0v) is 12.2. The minimum atomic E-state index is 0.113. The molecule has 0 radical (unpaired) electrons. The molecule has 4 heteroatoms. The molecule has 0 aliphatic carbocycles. The predicted molar refractivity (Wildman–Crippen MR) is 83.2 cm³/mol. The summed E-state index contributed by atoms with van der Waals surface area (Å²) in [5, 5.41) is 8.38. The molecule has 0 fully saturated rings. The van der Waals surface area contributed by atoms with E-state index in [1.807, 2.05) is 49.4 Å². The van der Waals surface area contributed by atoms with E-state index in [1.165, 1.54) is 5.56 Å². The van der Waals surface area contributed by atoms with E-state index in [1.54, 1.807) is 11.8 Å². The molecule has 19 heavy (non-hydrogen) atoms. The van der Waals surface area contributed by atoms with Gasteiger partial charge in [-0.05, 0) is 36.8 Å². The van der Waals surface area contributed by atoms with E-state index in [-0.39, 0.29) is 5.84 Å². The summed E-state index contributed by atoms with van der Waals surface area (Å²) >= 11 is 7.54. The van der Waals surface area contributed by atoms with Crippen LogP contribution in [-0.4, -0.2) is 5.84 Å². The van der Waals surface area contributed by atoms with Crippen LogP contribution in [0.15, 0.2) is 47.4 Å². The van der Waals surface area contributed by atoms with Crippen LogP contribution in [0.5, 0.6) is 0 Å². The Kier molecular flexibility index (Phi) is 4.51. The molecule has 2 nitrogen and oxygen atoms in total. The number of halogens is 1. The molecule has 0 bridgehead atoms. The van der Waals surface area contributed by atoms with Gasteiger partial charge in [0, 0.05) is 21.2 Å². The summed E-state index contributed by atoms with van der Waals surface area (Å²) in [6.07, 6.45) is 0. The fourth-order valence-corrected chi connectivity index (χ4v) is 2.85. The highest BCUT2D eigenvalue weighted by Gasteiger charge is 2.06. The fourth-order valence-electron chi connectivity index (χ4n) is 1.72. The number of rotatable bonds is 4. The maximum Gasteiger partial charge on any atom is 0.123 e. The van der Waals surface area contributed by atoms with Crippen LogP contribution in [0.1, 0.15) is 16.7 Å². The Hall–Kier alpha value is -1.45. The van der Waals surface area contributed by atoms with Crippen molar-refractivity contribution in [2.45, 2.75) is 17.6 Å². The lowest BCUT2D eigenvalue weighted by molar-refractivity contribution is 1.29. The average molecular weight is 291 g/mol. The van der Waals surface area contributed by atoms with E-state index < -0.39 is 0 Å². The van der Waals surface area contributed by atoms with Crippen molar-refractivity contribution in [2.75, 3.05) is 0 Å². The van der Waals surface area contributed by atoms with Crippen molar-refractivity contribution in [3.63, 3.8) is 0 Å². The van der Waals surface area contributed by atoms with Gasteiger partial charge in [-0.15, -0.1) is 11.8 Å². The molecule has 2 aromatic carbocycles. The third-order valence-corrected chi connectivity index (χ3v) is 4.13. The Bertz CT molecular complexity index is 594. The molecular formula is C15H15ClN2S. The molecule has 2 rings (SSSR count). The Morgan fingerprint density at radius 3 is 2.53 bits per heavy atom. The molecule has 0 aromatic heterocycles. The average Bonchev–Trinajstić information content (AvgIpc) is 2.39. The molecule has 0 aliphatic rings. The van der Waals surface area contributed by atoms with Crippen molar-refractivity contribution < 1.29 is 0 Å². The first-order chi connectivity index (χ1) is 9.06. The Morgan fingerprint density at radius 1 is 1.21 bits per heavy atom. The first kappa shape index (κ1) is 14.0. The summed E-state index contributed by atoms with van der Waals surface area (Å²) in [5.41, 5.74) is 8.74. The number of nitrogen functional groups attached to an aromatic ring is 1. The second kappa shape index (κ2) is 6.13. The molecule has 0 heterocycles. The molecule has 0 saturated carbocycles. The first-order valence-electron chi connectivity index (χ1n) is 5.88. The number of thioether (sulfide) groups is 1. The third kappa shape index (κ3) is 3.75. The fraction of sp³-hybridized carbons (Fsp3) is 0.133. The lowest BCUT2D eigenvalue weighted by Crippen LogP contribution is -2.12. The van der Waals surface area contributed by atoms with E-state index in [9.17, 15) is 0 Å². The first-order valence-corrected chi connectivity index (χ1v) is 7.25. The minimum Gasteiger partial charge on any atom is -0.384 e. The number of aryl methyl sites for hydroxylation is 1. The molecule has 2 aromatic rings. The Balaban J connectivity index is 2.15. The summed E-state index contributed by atoms with van der Waals surface area (Å²) in [5.74, 6) is 0.947. The molecule has 0 unspecified atom stereocenters. The smallest absolute Gasteiger partial charge is 0.123 e. The van der Waals surface area contributed by atoms with E-state index in [0.29, 0.717) is 0 Å². The summed E-state index contributed by atoms with van der Waals surface area (Å²) in [6, 6.07) is 13.8. The van der Waals surface area contributed by atoms with Crippen LogP contribution in [0.2, 0.25) is 5.02 Å². The maximum absolute atomic E-state index is 7.63. The van der Waals surface area contributed by atoms with Gasteiger partial charge in [-0.2, -0.15) is 0 Å². The van der Waals surface area contributed by atoms with Crippen molar-refractivity contribution in [2.24, 2.45) is 5.73 Å². The van der Waals surface area contributed by atoms with Gasteiger partial charge in [0.1, 0.15) is 5.84 Å². The second-order valence-corrected chi connectivity index (χ2v) is 5.78. The van der Waals surface area contributed by atoms with Crippen LogP contribution in [0.25, 0.3) is 0 Å². The van der Waals surface area contributed by atoms with Gasteiger partial charge in [0.2, 0.25) is 0 Å². The number of nitrogens with one attached hydrogen (secondary N) is 1. The monoisotopic (exact) mass is 290 g/mol. The Labute approximate surface area is 122 Å². The topological polar surface area (TPSA) is 49.9 Å². The van der Waals surface area contributed by atoms with E-state index in [0.717, 1.165) is 26.8 Å². The highest BCUT2D eigenvalue weighted by atomic mass is 35.5. The van der Waals surface area contributed by atoms with Crippen LogP contribution < -0.4 is 5.73 Å². The molecular weight excluding hydrogens is 276 g/mol. The van der Waals surface area contributed by atoms with Gasteiger partial charge < -0.3 is 5.73 Å². The van der Waals surface area contributed by atoms with E-state index in [4.69, 9.17) is 22.7 Å². The number of hydrogen-bond donors (Lipinski definition) is 2. The van der Waals surface area contributed by atoms with Crippen molar-refractivity contribution in [1.29, 1.82) is 5.41 Å². The number of hydrogen-bond acceptors (Lipinski definition) is 2. The largest absolute Gasteiger partial charge is 0.384 e. The number of amidine groups is 1. The SMILES string of the molecule is Cc1ccc(SCc2ccc(Cl)cc2)c(C(=N)N)c1. The van der Waals surface area contributed by atoms with Crippen molar-refractivity contribution in [3.05, 3.63) is 64.2 Å². The highest BCUT2D eigenvalue weighted by Crippen LogP contribution is 2.27. The maximum atomic E-state index is 7.63. The summed E-state index contributed by atoms with van der Waals surface area (Å²) in [7, 11) is 0. The van der Waals surface area contributed by atoms with Gasteiger partial charge in [0.05, 0.1) is 0 Å². The summed E-state index contributed by atoms with van der Waals surface area (Å²) < 4.78 is 0. The van der Waals surface area contributed by atoms with Crippen LogP contribution in [-0.2, 0) is 5.75 Å². The van der Waals surface area contributed by atoms with E-state index in [2.05, 4.69) is 0 Å². The van der Waals surface area contributed by atoms with Gasteiger partial charge in [-0.1, -0.05) is 35.4 Å². The van der Waals surface area contributed by atoms with Gasteiger partial charge in [-0.3, -0.25) is 5.41 Å². The van der Waals surface area contributed by atoms with Crippen molar-refractivity contribution >= 4 is 29.2 Å². The van der Waals surface area contributed by atoms with Crippen molar-refractivity contribution in [1.82, 2.24) is 0 Å². The summed E-state index contributed by atoms with van der Waals surface area (Å²) in [4.78, 5) is 1.04.